The lowest BCUT2D eigenvalue weighted by Crippen LogP contribution is -3.00. The van der Waals surface area contributed by atoms with Crippen LogP contribution in [-0.4, -0.2) is 26.2 Å². The highest BCUT2D eigenvalue weighted by molar-refractivity contribution is 4.37. The maximum atomic E-state index is 2.48. The Balaban J connectivity index is -0.00000112. The maximum Gasteiger partial charge on any atom is 0.125 e. The van der Waals surface area contributed by atoms with E-state index in [9.17, 15) is 0 Å². The second kappa shape index (κ2) is 23.0. The van der Waals surface area contributed by atoms with Crippen LogP contribution in [0.25, 0.3) is 0 Å². The van der Waals surface area contributed by atoms with Crippen LogP contribution < -0.4 is 44.6 Å². The average molecular weight is 390 g/mol. The van der Waals surface area contributed by atoms with Crippen LogP contribution in [0.5, 0.6) is 0 Å². The number of hydrogen-bond acceptors (Lipinski definition) is 0. The molecule has 0 saturated carbocycles. The van der Waals surface area contributed by atoms with E-state index in [2.05, 4.69) is 24.5 Å². The third kappa shape index (κ3) is 22.1. The van der Waals surface area contributed by atoms with Gasteiger partial charge in [0.2, 0.25) is 0 Å². The maximum absolute atomic E-state index is 2.48. The van der Waals surface area contributed by atoms with Gasteiger partial charge in [-0.3, -0.25) is 0 Å². The third-order valence-electron chi connectivity index (χ3n) is 3.10. The first-order valence-electron chi connectivity index (χ1n) is 7.55. The van der Waals surface area contributed by atoms with Gasteiger partial charge in [-0.1, -0.05) is 39.5 Å². The monoisotopic (exact) mass is 388 g/mol. The largest absolute Gasteiger partial charge is 1.00 e. The normalized spacial score (nSPS) is 9.67. The molecule has 114 valence electrons. The number of hydrogen-bond donors (Lipinski definition) is 2. The molecule has 0 aromatic carbocycles. The van der Waals surface area contributed by atoms with Crippen molar-refractivity contribution in [3.8, 4) is 0 Å². The molecule has 0 aliphatic rings. The molecule has 0 unspecified atom stereocenters. The molecule has 0 aromatic heterocycles. The average Bonchev–Trinajstić information content (AvgIpc) is 2.31. The summed E-state index contributed by atoms with van der Waals surface area (Å²) in [5.74, 6) is 0. The Hall–Kier alpha value is 0.880. The molecule has 0 bridgehead atoms. The van der Waals surface area contributed by atoms with E-state index in [0.29, 0.717) is 0 Å². The highest BCUT2D eigenvalue weighted by Gasteiger charge is 1.94. The molecule has 18 heavy (non-hydrogen) atoms. The lowest BCUT2D eigenvalue weighted by Gasteiger charge is -2.02. The van der Waals surface area contributed by atoms with E-state index in [4.69, 9.17) is 0 Å². The van der Waals surface area contributed by atoms with Crippen LogP contribution in [0.15, 0.2) is 0 Å². The van der Waals surface area contributed by atoms with Crippen molar-refractivity contribution in [1.82, 2.24) is 0 Å². The zero-order valence-corrected chi connectivity index (χ0v) is 15.6. The molecule has 4 N–H and O–H groups in total. The van der Waals surface area contributed by atoms with E-state index in [0.717, 1.165) is 0 Å². The Morgan fingerprint density at radius 3 is 1.22 bits per heavy atom. The van der Waals surface area contributed by atoms with Gasteiger partial charge in [-0.2, -0.15) is 0 Å². The zero-order chi connectivity index (χ0) is 11.9. The molecule has 0 fully saturated rings. The van der Waals surface area contributed by atoms with E-state index >= 15 is 0 Å². The molecular weight excluding hydrogens is 356 g/mol. The van der Waals surface area contributed by atoms with Gasteiger partial charge < -0.3 is 44.6 Å². The molecular formula is C14H34Br2N2. The van der Waals surface area contributed by atoms with Crippen molar-refractivity contribution >= 4 is 0 Å². The lowest BCUT2D eigenvalue weighted by atomic mass is 10.2. The summed E-state index contributed by atoms with van der Waals surface area (Å²) in [6.45, 7) is 9.83. The van der Waals surface area contributed by atoms with Gasteiger partial charge in [0.15, 0.2) is 0 Å². The minimum Gasteiger partial charge on any atom is -1.00 e. The van der Waals surface area contributed by atoms with E-state index in [-0.39, 0.29) is 34.0 Å². The van der Waals surface area contributed by atoms with Crippen LogP contribution in [0.2, 0.25) is 0 Å². The summed E-state index contributed by atoms with van der Waals surface area (Å²) in [7, 11) is 0. The summed E-state index contributed by atoms with van der Waals surface area (Å²) in [5, 5.41) is 4.97. The number of nitrogens with two attached hydrogens (primary N) is 2. The summed E-state index contributed by atoms with van der Waals surface area (Å²) in [6.07, 6.45) is 11.2. The SMILES string of the molecule is CCCCCC[NH2+]CC[NH2+]CCCCCC.[Br-].[Br-]. The zero-order valence-electron chi connectivity index (χ0n) is 12.4. The van der Waals surface area contributed by atoms with Gasteiger partial charge in [0.25, 0.3) is 0 Å². The molecule has 0 spiro atoms. The topological polar surface area (TPSA) is 33.2 Å². The summed E-state index contributed by atoms with van der Waals surface area (Å²) in [6, 6.07) is 0. The molecule has 0 saturated heterocycles. The second-order valence-electron chi connectivity index (χ2n) is 4.85. The molecule has 0 amide bonds. The van der Waals surface area contributed by atoms with Gasteiger partial charge in [0.1, 0.15) is 13.1 Å². The molecule has 4 heteroatoms. The van der Waals surface area contributed by atoms with E-state index in [1.807, 2.05) is 0 Å². The smallest absolute Gasteiger partial charge is 0.125 e. The van der Waals surface area contributed by atoms with Crippen molar-refractivity contribution in [2.24, 2.45) is 0 Å². The number of halogens is 2. The Morgan fingerprint density at radius 2 is 0.889 bits per heavy atom. The van der Waals surface area contributed by atoms with Gasteiger partial charge in [0.05, 0.1) is 13.1 Å². The van der Waals surface area contributed by atoms with Crippen LogP contribution >= 0.6 is 0 Å². The predicted molar refractivity (Wildman–Crippen MR) is 71.6 cm³/mol. The first kappa shape index (κ1) is 23.9. The predicted octanol–water partition coefficient (Wildman–Crippen LogP) is -4.72. The lowest BCUT2D eigenvalue weighted by molar-refractivity contribution is -0.723. The fourth-order valence-electron chi connectivity index (χ4n) is 1.96. The summed E-state index contributed by atoms with van der Waals surface area (Å²) < 4.78 is 0. The summed E-state index contributed by atoms with van der Waals surface area (Å²) >= 11 is 0. The van der Waals surface area contributed by atoms with Gasteiger partial charge >= 0.3 is 0 Å². The molecule has 0 rings (SSSR count). The van der Waals surface area contributed by atoms with Crippen LogP contribution in [0.4, 0.5) is 0 Å². The van der Waals surface area contributed by atoms with Crippen molar-refractivity contribution in [2.45, 2.75) is 65.2 Å². The number of unbranched alkanes of at least 4 members (excludes halogenated alkanes) is 6. The quantitative estimate of drug-likeness (QED) is 0.297. The molecule has 0 radical (unpaired) electrons. The molecule has 0 aliphatic heterocycles. The fraction of sp³-hybridized carbons (Fsp3) is 1.00. The summed E-state index contributed by atoms with van der Waals surface area (Å²) in [4.78, 5) is 0. The van der Waals surface area contributed by atoms with Crippen LogP contribution in [0.3, 0.4) is 0 Å². The third-order valence-corrected chi connectivity index (χ3v) is 3.10. The van der Waals surface area contributed by atoms with Gasteiger partial charge in [-0.05, 0) is 25.7 Å². The molecule has 0 heterocycles. The van der Waals surface area contributed by atoms with E-state index in [1.54, 1.807) is 0 Å². The summed E-state index contributed by atoms with van der Waals surface area (Å²) in [5.41, 5.74) is 0. The highest BCUT2D eigenvalue weighted by Crippen LogP contribution is 1.95. The molecule has 0 aliphatic carbocycles. The minimum absolute atomic E-state index is 0. The Morgan fingerprint density at radius 1 is 0.500 bits per heavy atom. The van der Waals surface area contributed by atoms with Crippen molar-refractivity contribution in [2.75, 3.05) is 26.2 Å². The number of rotatable bonds is 13. The standard InChI is InChI=1S/C14H32N2.2BrH/c1-3-5-7-9-11-15-13-14-16-12-10-8-6-4-2;;/h15-16H,3-14H2,1-2H3;2*1H. The van der Waals surface area contributed by atoms with Crippen LogP contribution in [0, 0.1) is 0 Å². The van der Waals surface area contributed by atoms with Crippen molar-refractivity contribution < 1.29 is 44.6 Å². The van der Waals surface area contributed by atoms with Gasteiger partial charge in [-0.25, -0.2) is 0 Å². The van der Waals surface area contributed by atoms with Crippen molar-refractivity contribution in [3.05, 3.63) is 0 Å². The Labute approximate surface area is 136 Å². The second-order valence-corrected chi connectivity index (χ2v) is 4.85. The minimum atomic E-state index is 0. The highest BCUT2D eigenvalue weighted by atomic mass is 79.9. The first-order chi connectivity index (χ1) is 7.91. The molecule has 0 atom stereocenters. The van der Waals surface area contributed by atoms with E-state index in [1.165, 1.54) is 77.5 Å². The first-order valence-corrected chi connectivity index (χ1v) is 7.55. The van der Waals surface area contributed by atoms with Crippen molar-refractivity contribution in [1.29, 1.82) is 0 Å². The van der Waals surface area contributed by atoms with Crippen LogP contribution in [0.1, 0.15) is 65.2 Å². The fourth-order valence-corrected chi connectivity index (χ4v) is 1.96. The van der Waals surface area contributed by atoms with Crippen molar-refractivity contribution in [3.63, 3.8) is 0 Å². The van der Waals surface area contributed by atoms with Gasteiger partial charge in [-0.15, -0.1) is 0 Å². The molecule has 2 nitrogen and oxygen atoms in total. The molecule has 0 aromatic rings. The van der Waals surface area contributed by atoms with E-state index < -0.39 is 0 Å². The Kier molecular flexibility index (Phi) is 30.6. The Bertz CT molecular complexity index is 110. The van der Waals surface area contributed by atoms with Gasteiger partial charge in [0, 0.05) is 0 Å². The van der Waals surface area contributed by atoms with Crippen LogP contribution in [-0.2, 0) is 0 Å². The number of quaternary nitrogens is 2.